The van der Waals surface area contributed by atoms with Crippen LogP contribution in [0.1, 0.15) is 90.4 Å². The number of aromatic nitrogens is 2. The standard InChI is InChI=1S/C29H45N5O5/c1-17(2)9-23(35)33-28(5,6)7-8-34-26(38-16-18(3)4)22(15-31-34)25(36)32-24-20-10-19-11-21(24)14-29(12-19,13-20)39-27(30)37/h7-8,15,17-21,24H,9-14,16H2,1-6H3,(H2,30,37)(H,32,36)(H,33,35)/b8-7+/t19?,20?,21?,24-,29+. The Morgan fingerprint density at radius 2 is 1.82 bits per heavy atom. The minimum absolute atomic E-state index is 0.00518. The van der Waals surface area contributed by atoms with Gasteiger partial charge in [0.1, 0.15) is 11.2 Å². The molecule has 1 aromatic heterocycles. The second-order valence-electron chi connectivity index (χ2n) is 13.3. The molecule has 1 heterocycles. The first-order valence-corrected chi connectivity index (χ1v) is 14.3. The number of nitrogens with two attached hydrogens (primary N) is 1. The fraction of sp³-hybridized carbons (Fsp3) is 0.724. The van der Waals surface area contributed by atoms with Crippen molar-refractivity contribution in [2.24, 2.45) is 35.3 Å². The maximum Gasteiger partial charge on any atom is 0.405 e. The van der Waals surface area contributed by atoms with Gasteiger partial charge in [0.05, 0.1) is 18.3 Å². The van der Waals surface area contributed by atoms with Gasteiger partial charge in [-0.2, -0.15) is 5.10 Å². The van der Waals surface area contributed by atoms with Crippen LogP contribution in [0.5, 0.6) is 5.88 Å². The van der Waals surface area contributed by atoms with E-state index in [4.69, 9.17) is 15.2 Å². The van der Waals surface area contributed by atoms with Crippen LogP contribution in [0.15, 0.2) is 12.3 Å². The first-order chi connectivity index (χ1) is 18.3. The zero-order chi connectivity index (χ0) is 28.5. The number of ether oxygens (including phenoxy) is 2. The van der Waals surface area contributed by atoms with Crippen molar-refractivity contribution in [3.05, 3.63) is 17.8 Å². The molecule has 4 bridgehead atoms. The Morgan fingerprint density at radius 3 is 2.41 bits per heavy atom. The third-order valence-corrected chi connectivity index (χ3v) is 8.07. The Labute approximate surface area is 231 Å². The predicted molar refractivity (Wildman–Crippen MR) is 148 cm³/mol. The Hall–Kier alpha value is -3.04. The number of carbonyl (C=O) groups excluding carboxylic acids is 3. The summed E-state index contributed by atoms with van der Waals surface area (Å²) in [5, 5.41) is 10.7. The number of nitrogens with one attached hydrogen (secondary N) is 2. The Balaban J connectivity index is 1.49. The molecule has 0 radical (unpaired) electrons. The van der Waals surface area contributed by atoms with Gasteiger partial charge in [-0.1, -0.05) is 27.7 Å². The van der Waals surface area contributed by atoms with E-state index >= 15 is 0 Å². The quantitative estimate of drug-likeness (QED) is 0.384. The van der Waals surface area contributed by atoms with Crippen molar-refractivity contribution in [3.63, 3.8) is 0 Å². The molecule has 3 amide bonds. The van der Waals surface area contributed by atoms with Gasteiger partial charge in [0, 0.05) is 18.7 Å². The zero-order valence-corrected chi connectivity index (χ0v) is 24.2. The fourth-order valence-electron chi connectivity index (χ4n) is 6.84. The average Bonchev–Trinajstić information content (AvgIpc) is 3.19. The van der Waals surface area contributed by atoms with Crippen LogP contribution in [0.2, 0.25) is 0 Å². The molecule has 0 aliphatic heterocycles. The van der Waals surface area contributed by atoms with Crippen molar-refractivity contribution in [1.29, 1.82) is 0 Å². The number of amides is 3. The molecule has 5 rings (SSSR count). The van der Waals surface area contributed by atoms with Crippen molar-refractivity contribution in [3.8, 4) is 5.88 Å². The van der Waals surface area contributed by atoms with E-state index in [0.29, 0.717) is 30.4 Å². The van der Waals surface area contributed by atoms with Gasteiger partial charge in [0.15, 0.2) is 0 Å². The van der Waals surface area contributed by atoms with Crippen molar-refractivity contribution in [1.82, 2.24) is 20.4 Å². The van der Waals surface area contributed by atoms with Gasteiger partial charge >= 0.3 is 6.09 Å². The minimum atomic E-state index is -0.715. The largest absolute Gasteiger partial charge is 0.477 e. The van der Waals surface area contributed by atoms with Crippen LogP contribution >= 0.6 is 0 Å². The molecule has 10 heteroatoms. The van der Waals surface area contributed by atoms with E-state index in [1.165, 1.54) is 6.20 Å². The molecule has 4 N–H and O–H groups in total. The summed E-state index contributed by atoms with van der Waals surface area (Å²) >= 11 is 0. The van der Waals surface area contributed by atoms with Crippen molar-refractivity contribution >= 4 is 24.1 Å². The maximum absolute atomic E-state index is 13.6. The maximum atomic E-state index is 13.6. The third kappa shape index (κ3) is 6.94. The van der Waals surface area contributed by atoms with Crippen LogP contribution in [-0.2, 0) is 9.53 Å². The molecule has 1 aromatic rings. The first kappa shape index (κ1) is 29.0. The Morgan fingerprint density at radius 1 is 1.15 bits per heavy atom. The van der Waals surface area contributed by atoms with E-state index in [0.717, 1.165) is 32.1 Å². The summed E-state index contributed by atoms with van der Waals surface area (Å²) < 4.78 is 13.3. The van der Waals surface area contributed by atoms with Gasteiger partial charge in [-0.3, -0.25) is 9.59 Å². The fourth-order valence-corrected chi connectivity index (χ4v) is 6.84. The summed E-state index contributed by atoms with van der Waals surface area (Å²) in [5.41, 5.74) is 4.67. The second-order valence-corrected chi connectivity index (χ2v) is 13.3. The molecule has 216 valence electrons. The van der Waals surface area contributed by atoms with Gasteiger partial charge in [0.25, 0.3) is 5.91 Å². The van der Waals surface area contributed by atoms with Gasteiger partial charge in [0.2, 0.25) is 11.8 Å². The monoisotopic (exact) mass is 543 g/mol. The summed E-state index contributed by atoms with van der Waals surface area (Å²) in [6, 6.07) is 0.00518. The third-order valence-electron chi connectivity index (χ3n) is 8.07. The number of rotatable bonds is 11. The molecule has 4 aliphatic carbocycles. The van der Waals surface area contributed by atoms with Crippen LogP contribution in [0.3, 0.4) is 0 Å². The summed E-state index contributed by atoms with van der Waals surface area (Å²) in [7, 11) is 0. The first-order valence-electron chi connectivity index (χ1n) is 14.3. The summed E-state index contributed by atoms with van der Waals surface area (Å²) in [4.78, 5) is 37.5. The number of nitrogens with zero attached hydrogens (tertiary/aromatic N) is 2. The minimum Gasteiger partial charge on any atom is -0.477 e. The van der Waals surface area contributed by atoms with E-state index in [9.17, 15) is 14.4 Å². The smallest absolute Gasteiger partial charge is 0.405 e. The molecule has 4 saturated carbocycles. The van der Waals surface area contributed by atoms with E-state index in [-0.39, 0.29) is 41.5 Å². The average molecular weight is 544 g/mol. The van der Waals surface area contributed by atoms with Crippen LogP contribution in [0, 0.1) is 29.6 Å². The number of hydrogen-bond donors (Lipinski definition) is 3. The van der Waals surface area contributed by atoms with Crippen molar-refractivity contribution in [2.75, 3.05) is 6.61 Å². The highest BCUT2D eigenvalue weighted by atomic mass is 16.6. The normalized spacial score (nSPS) is 27.8. The van der Waals surface area contributed by atoms with Crippen molar-refractivity contribution in [2.45, 2.75) is 97.2 Å². The van der Waals surface area contributed by atoms with E-state index < -0.39 is 17.2 Å². The molecule has 2 atom stereocenters. The lowest BCUT2D eigenvalue weighted by atomic mass is 9.52. The van der Waals surface area contributed by atoms with E-state index in [1.54, 1.807) is 10.9 Å². The molecule has 0 saturated heterocycles. The van der Waals surface area contributed by atoms with Gasteiger partial charge in [-0.15, -0.1) is 0 Å². The number of primary amides is 1. The highest BCUT2D eigenvalue weighted by Crippen LogP contribution is 2.57. The van der Waals surface area contributed by atoms with E-state index in [2.05, 4.69) is 15.7 Å². The van der Waals surface area contributed by atoms with Crippen LogP contribution in [0.4, 0.5) is 4.79 Å². The molecule has 2 unspecified atom stereocenters. The van der Waals surface area contributed by atoms with Gasteiger partial charge < -0.3 is 25.8 Å². The highest BCUT2D eigenvalue weighted by molar-refractivity contribution is 5.96. The topological polar surface area (TPSA) is 138 Å². The van der Waals surface area contributed by atoms with Crippen LogP contribution in [-0.4, -0.2) is 51.5 Å². The highest BCUT2D eigenvalue weighted by Gasteiger charge is 2.57. The van der Waals surface area contributed by atoms with Crippen LogP contribution < -0.4 is 21.1 Å². The molecule has 39 heavy (non-hydrogen) atoms. The van der Waals surface area contributed by atoms with Crippen molar-refractivity contribution < 1.29 is 23.9 Å². The lowest BCUT2D eigenvalue weighted by Gasteiger charge is -2.58. The summed E-state index contributed by atoms with van der Waals surface area (Å²) in [6.45, 7) is 12.4. The number of carbonyl (C=O) groups is 3. The molecule has 4 fully saturated rings. The second kappa shape index (κ2) is 11.2. The predicted octanol–water partition coefficient (Wildman–Crippen LogP) is 4.10. The lowest BCUT2D eigenvalue weighted by Crippen LogP contribution is -2.63. The Bertz CT molecular complexity index is 1090. The SMILES string of the molecule is CC(C)COc1c(C(=O)N[C@H]2C3CC4CC2C[C@@](OC(N)=O)(C4)C3)cnn1/C=C/C(C)(C)NC(=O)CC(C)C. The van der Waals surface area contributed by atoms with Gasteiger partial charge in [-0.05, 0) is 81.6 Å². The summed E-state index contributed by atoms with van der Waals surface area (Å²) in [5.74, 6) is 1.64. The van der Waals surface area contributed by atoms with Crippen LogP contribution in [0.25, 0.3) is 6.20 Å². The lowest BCUT2D eigenvalue weighted by molar-refractivity contribution is -0.137. The van der Waals surface area contributed by atoms with E-state index in [1.807, 2.05) is 47.6 Å². The number of hydrogen-bond acceptors (Lipinski definition) is 6. The zero-order valence-electron chi connectivity index (χ0n) is 24.2. The molecule has 4 aliphatic rings. The Kier molecular flexibility index (Phi) is 8.33. The molecular formula is C29H45N5O5. The molecular weight excluding hydrogens is 498 g/mol. The molecule has 10 nitrogen and oxygen atoms in total. The molecule has 0 spiro atoms. The summed E-state index contributed by atoms with van der Waals surface area (Å²) in [6.07, 6.45) is 9.20. The molecule has 0 aromatic carbocycles. The van der Waals surface area contributed by atoms with Gasteiger partial charge in [-0.25, -0.2) is 9.48 Å².